The summed E-state index contributed by atoms with van der Waals surface area (Å²) in [6.45, 7) is 0.216. The maximum atomic E-state index is 11.6. The molecule has 1 rings (SSSR count). The lowest BCUT2D eigenvalue weighted by atomic mass is 10.2. The molecule has 0 saturated heterocycles. The Bertz CT molecular complexity index is 358. The summed E-state index contributed by atoms with van der Waals surface area (Å²) in [4.78, 5) is 12.7. The molecule has 0 heterocycles. The smallest absolute Gasteiger partial charge is 0.243 e. The zero-order valence-corrected chi connectivity index (χ0v) is 10.2. The van der Waals surface area contributed by atoms with E-state index < -0.39 is 6.04 Å². The van der Waals surface area contributed by atoms with Gasteiger partial charge in [0.1, 0.15) is 6.04 Å². The van der Waals surface area contributed by atoms with Crippen LogP contribution in [0, 0.1) is 0 Å². The standard InChI is InChI=1S/C11H16N2O2S/c1-15-7-8(12)11(14)13-9-5-3-4-6-10(9)16-2/h3-6,8H,7,12H2,1-2H3,(H,13,14). The van der Waals surface area contributed by atoms with Gasteiger partial charge in [0.25, 0.3) is 0 Å². The van der Waals surface area contributed by atoms with Crippen molar-refractivity contribution in [2.75, 3.05) is 25.3 Å². The summed E-state index contributed by atoms with van der Waals surface area (Å²) in [5.41, 5.74) is 6.41. The van der Waals surface area contributed by atoms with Crippen molar-refractivity contribution in [3.05, 3.63) is 24.3 Å². The highest BCUT2D eigenvalue weighted by Gasteiger charge is 2.14. The number of ether oxygens (including phenoxy) is 1. The predicted octanol–water partition coefficient (Wildman–Crippen LogP) is 1.32. The Morgan fingerprint density at radius 2 is 2.25 bits per heavy atom. The van der Waals surface area contributed by atoms with Crippen LogP contribution in [-0.4, -0.2) is 31.9 Å². The van der Waals surface area contributed by atoms with Crippen molar-refractivity contribution in [2.24, 2.45) is 5.73 Å². The van der Waals surface area contributed by atoms with Gasteiger partial charge in [0, 0.05) is 12.0 Å². The number of carbonyl (C=O) groups is 1. The maximum Gasteiger partial charge on any atom is 0.243 e. The summed E-state index contributed by atoms with van der Waals surface area (Å²) in [6.07, 6.45) is 1.96. The Hall–Kier alpha value is -1.04. The number of nitrogens with one attached hydrogen (secondary N) is 1. The number of methoxy groups -OCH3 is 1. The van der Waals surface area contributed by atoms with E-state index in [1.165, 1.54) is 7.11 Å². The first kappa shape index (κ1) is 13.0. The van der Waals surface area contributed by atoms with Gasteiger partial charge in [-0.15, -0.1) is 11.8 Å². The highest BCUT2D eigenvalue weighted by atomic mass is 32.2. The summed E-state index contributed by atoms with van der Waals surface area (Å²) >= 11 is 1.58. The van der Waals surface area contributed by atoms with Gasteiger partial charge >= 0.3 is 0 Å². The number of hydrogen-bond acceptors (Lipinski definition) is 4. The number of nitrogens with two attached hydrogens (primary N) is 1. The molecule has 0 aliphatic rings. The molecule has 5 heteroatoms. The maximum absolute atomic E-state index is 11.6. The van der Waals surface area contributed by atoms with Gasteiger partial charge in [-0.3, -0.25) is 4.79 Å². The van der Waals surface area contributed by atoms with E-state index in [-0.39, 0.29) is 12.5 Å². The average molecular weight is 240 g/mol. The molecule has 1 amide bonds. The molecular weight excluding hydrogens is 224 g/mol. The molecule has 0 saturated carbocycles. The number of amides is 1. The second kappa shape index (κ2) is 6.52. The first-order valence-electron chi connectivity index (χ1n) is 4.87. The van der Waals surface area contributed by atoms with Crippen molar-refractivity contribution < 1.29 is 9.53 Å². The van der Waals surface area contributed by atoms with Crippen molar-refractivity contribution in [2.45, 2.75) is 10.9 Å². The minimum absolute atomic E-state index is 0.216. The van der Waals surface area contributed by atoms with Crippen LogP contribution in [0.15, 0.2) is 29.2 Å². The largest absolute Gasteiger partial charge is 0.383 e. The minimum atomic E-state index is -0.639. The molecule has 88 valence electrons. The summed E-state index contributed by atoms with van der Waals surface area (Å²) < 4.78 is 4.83. The topological polar surface area (TPSA) is 64.3 Å². The fourth-order valence-electron chi connectivity index (χ4n) is 1.23. The monoisotopic (exact) mass is 240 g/mol. The van der Waals surface area contributed by atoms with Crippen molar-refractivity contribution in [1.29, 1.82) is 0 Å². The van der Waals surface area contributed by atoms with Gasteiger partial charge in [0.05, 0.1) is 12.3 Å². The zero-order chi connectivity index (χ0) is 12.0. The molecule has 16 heavy (non-hydrogen) atoms. The number of para-hydroxylation sites is 1. The molecule has 0 bridgehead atoms. The Morgan fingerprint density at radius 1 is 1.56 bits per heavy atom. The summed E-state index contributed by atoms with van der Waals surface area (Å²) in [5.74, 6) is -0.233. The van der Waals surface area contributed by atoms with Crippen molar-refractivity contribution in [3.63, 3.8) is 0 Å². The normalized spacial score (nSPS) is 12.2. The van der Waals surface area contributed by atoms with E-state index in [9.17, 15) is 4.79 Å². The Morgan fingerprint density at radius 3 is 2.88 bits per heavy atom. The van der Waals surface area contributed by atoms with Crippen molar-refractivity contribution in [1.82, 2.24) is 0 Å². The van der Waals surface area contributed by atoms with Crippen molar-refractivity contribution >= 4 is 23.4 Å². The Labute approximate surface area is 99.5 Å². The zero-order valence-electron chi connectivity index (χ0n) is 9.40. The minimum Gasteiger partial charge on any atom is -0.383 e. The van der Waals surface area contributed by atoms with Crippen LogP contribution in [0.2, 0.25) is 0 Å². The van der Waals surface area contributed by atoms with Crippen LogP contribution in [-0.2, 0) is 9.53 Å². The van der Waals surface area contributed by atoms with Crippen LogP contribution in [0.4, 0.5) is 5.69 Å². The molecule has 0 aliphatic heterocycles. The second-order valence-corrected chi connectivity index (χ2v) is 4.10. The van der Waals surface area contributed by atoms with Gasteiger partial charge in [-0.2, -0.15) is 0 Å². The van der Waals surface area contributed by atoms with E-state index in [0.29, 0.717) is 0 Å². The van der Waals surface area contributed by atoms with Crippen LogP contribution in [0.25, 0.3) is 0 Å². The van der Waals surface area contributed by atoms with Crippen LogP contribution < -0.4 is 11.1 Å². The van der Waals surface area contributed by atoms with E-state index in [1.807, 2.05) is 30.5 Å². The van der Waals surface area contributed by atoms with Crippen LogP contribution >= 0.6 is 11.8 Å². The number of thioether (sulfide) groups is 1. The van der Waals surface area contributed by atoms with Gasteiger partial charge in [0.2, 0.25) is 5.91 Å². The molecule has 1 atom stereocenters. The number of hydrogen-bond donors (Lipinski definition) is 2. The first-order valence-corrected chi connectivity index (χ1v) is 6.10. The number of carbonyl (C=O) groups excluding carboxylic acids is 1. The van der Waals surface area contributed by atoms with Gasteiger partial charge in [-0.25, -0.2) is 0 Å². The lowest BCUT2D eigenvalue weighted by molar-refractivity contribution is -0.118. The third-order valence-electron chi connectivity index (χ3n) is 2.05. The molecule has 0 aliphatic carbocycles. The molecule has 0 radical (unpaired) electrons. The fraction of sp³-hybridized carbons (Fsp3) is 0.364. The molecule has 0 spiro atoms. The lowest BCUT2D eigenvalue weighted by Gasteiger charge is -2.13. The van der Waals surface area contributed by atoms with E-state index in [0.717, 1.165) is 10.6 Å². The van der Waals surface area contributed by atoms with Gasteiger partial charge in [0.15, 0.2) is 0 Å². The van der Waals surface area contributed by atoms with E-state index in [4.69, 9.17) is 10.5 Å². The molecule has 3 N–H and O–H groups in total. The van der Waals surface area contributed by atoms with Gasteiger partial charge in [-0.05, 0) is 18.4 Å². The SMILES string of the molecule is COCC(N)C(=O)Nc1ccccc1SC. The Kier molecular flexibility index (Phi) is 5.31. The van der Waals surface area contributed by atoms with Crippen LogP contribution in [0.5, 0.6) is 0 Å². The average Bonchev–Trinajstić information content (AvgIpc) is 2.30. The summed E-state index contributed by atoms with van der Waals surface area (Å²) in [7, 11) is 1.52. The molecule has 0 fully saturated rings. The van der Waals surface area contributed by atoms with Gasteiger partial charge < -0.3 is 15.8 Å². The van der Waals surface area contributed by atoms with E-state index >= 15 is 0 Å². The summed E-state index contributed by atoms with van der Waals surface area (Å²) in [6, 6.07) is 6.96. The number of anilines is 1. The van der Waals surface area contributed by atoms with Gasteiger partial charge in [-0.1, -0.05) is 12.1 Å². The molecule has 4 nitrogen and oxygen atoms in total. The lowest BCUT2D eigenvalue weighted by Crippen LogP contribution is -2.39. The quantitative estimate of drug-likeness (QED) is 0.762. The fourth-order valence-corrected chi connectivity index (χ4v) is 1.78. The van der Waals surface area contributed by atoms with Crippen LogP contribution in [0.3, 0.4) is 0 Å². The van der Waals surface area contributed by atoms with E-state index in [2.05, 4.69) is 5.32 Å². The summed E-state index contributed by atoms with van der Waals surface area (Å²) in [5, 5.41) is 2.78. The molecule has 1 aromatic rings. The molecule has 1 aromatic carbocycles. The Balaban J connectivity index is 2.69. The third-order valence-corrected chi connectivity index (χ3v) is 2.84. The second-order valence-electron chi connectivity index (χ2n) is 3.25. The highest BCUT2D eigenvalue weighted by molar-refractivity contribution is 7.98. The first-order chi connectivity index (χ1) is 7.69. The molecule has 1 unspecified atom stereocenters. The predicted molar refractivity (Wildman–Crippen MR) is 66.7 cm³/mol. The molecule has 0 aromatic heterocycles. The number of benzene rings is 1. The van der Waals surface area contributed by atoms with Crippen LogP contribution in [0.1, 0.15) is 0 Å². The molecular formula is C11H16N2O2S. The highest BCUT2D eigenvalue weighted by Crippen LogP contribution is 2.24. The third kappa shape index (κ3) is 3.52. The van der Waals surface area contributed by atoms with Crippen molar-refractivity contribution in [3.8, 4) is 0 Å². The van der Waals surface area contributed by atoms with E-state index in [1.54, 1.807) is 11.8 Å². The number of rotatable bonds is 5.